The van der Waals surface area contributed by atoms with E-state index in [4.69, 9.17) is 4.42 Å². The highest BCUT2D eigenvalue weighted by Crippen LogP contribution is 2.17. The van der Waals surface area contributed by atoms with E-state index in [-0.39, 0.29) is 18.5 Å². The van der Waals surface area contributed by atoms with Crippen molar-refractivity contribution in [2.75, 3.05) is 19.6 Å². The van der Waals surface area contributed by atoms with Crippen molar-refractivity contribution in [2.45, 2.75) is 39.3 Å². The SMILES string of the molecule is CC(C)CNC(=O)NC(=O)CN1CCCC1C(=O)NCc1ccco1. The van der Waals surface area contributed by atoms with E-state index in [1.54, 1.807) is 23.3 Å². The van der Waals surface area contributed by atoms with Crippen molar-refractivity contribution in [3.8, 4) is 0 Å². The van der Waals surface area contributed by atoms with Crippen LogP contribution in [0.1, 0.15) is 32.4 Å². The molecule has 2 rings (SSSR count). The Kier molecular flexibility index (Phi) is 7.00. The van der Waals surface area contributed by atoms with E-state index in [2.05, 4.69) is 16.0 Å². The Balaban J connectivity index is 1.76. The first kappa shape index (κ1) is 19.0. The third kappa shape index (κ3) is 6.22. The summed E-state index contributed by atoms with van der Waals surface area (Å²) in [5.41, 5.74) is 0. The van der Waals surface area contributed by atoms with Crippen molar-refractivity contribution in [2.24, 2.45) is 5.92 Å². The van der Waals surface area contributed by atoms with Gasteiger partial charge in [0.1, 0.15) is 5.76 Å². The number of hydrogen-bond acceptors (Lipinski definition) is 5. The number of rotatable bonds is 7. The molecule has 0 aliphatic carbocycles. The summed E-state index contributed by atoms with van der Waals surface area (Å²) in [6.45, 7) is 5.44. The fraction of sp³-hybridized carbons (Fsp3) is 0.588. The molecule has 0 saturated carbocycles. The maximum Gasteiger partial charge on any atom is 0.321 e. The number of nitrogens with one attached hydrogen (secondary N) is 3. The second kappa shape index (κ2) is 9.22. The maximum atomic E-state index is 12.3. The van der Waals surface area contributed by atoms with Crippen LogP contribution in [0.5, 0.6) is 0 Å². The van der Waals surface area contributed by atoms with Crippen molar-refractivity contribution >= 4 is 17.8 Å². The number of imide groups is 1. The highest BCUT2D eigenvalue weighted by atomic mass is 16.3. The normalized spacial score (nSPS) is 17.5. The van der Waals surface area contributed by atoms with Crippen molar-refractivity contribution in [1.82, 2.24) is 20.9 Å². The third-order valence-electron chi connectivity index (χ3n) is 3.95. The van der Waals surface area contributed by atoms with Gasteiger partial charge in [0.25, 0.3) is 0 Å². The second-order valence-electron chi connectivity index (χ2n) is 6.58. The van der Waals surface area contributed by atoms with Crippen LogP contribution in [0.15, 0.2) is 22.8 Å². The lowest BCUT2D eigenvalue weighted by atomic mass is 10.2. The number of carbonyl (C=O) groups is 3. The Hall–Kier alpha value is -2.35. The standard InChI is InChI=1S/C17H26N4O4/c1-12(2)9-19-17(24)20-15(22)11-21-7-3-6-14(21)16(23)18-10-13-5-4-8-25-13/h4-5,8,12,14H,3,6-7,9-11H2,1-2H3,(H,18,23)(H2,19,20,22,24). The average molecular weight is 350 g/mol. The number of carbonyl (C=O) groups excluding carboxylic acids is 3. The van der Waals surface area contributed by atoms with E-state index in [9.17, 15) is 14.4 Å². The quantitative estimate of drug-likeness (QED) is 0.676. The van der Waals surface area contributed by atoms with Gasteiger partial charge >= 0.3 is 6.03 Å². The molecule has 1 unspecified atom stereocenters. The minimum absolute atomic E-state index is 0.0218. The molecular formula is C17H26N4O4. The molecule has 8 heteroatoms. The molecule has 25 heavy (non-hydrogen) atoms. The molecule has 8 nitrogen and oxygen atoms in total. The molecule has 0 spiro atoms. The molecule has 4 amide bonds. The van der Waals surface area contributed by atoms with E-state index in [1.807, 2.05) is 13.8 Å². The Morgan fingerprint density at radius 1 is 1.32 bits per heavy atom. The van der Waals surface area contributed by atoms with E-state index in [0.717, 1.165) is 6.42 Å². The van der Waals surface area contributed by atoms with Crippen LogP contribution in [-0.2, 0) is 16.1 Å². The van der Waals surface area contributed by atoms with E-state index >= 15 is 0 Å². The second-order valence-corrected chi connectivity index (χ2v) is 6.58. The zero-order valence-corrected chi connectivity index (χ0v) is 14.7. The molecule has 1 atom stereocenters. The minimum atomic E-state index is -0.503. The van der Waals surface area contributed by atoms with Crippen LogP contribution in [0.4, 0.5) is 4.79 Å². The molecule has 1 aliphatic rings. The van der Waals surface area contributed by atoms with Crippen molar-refractivity contribution in [3.05, 3.63) is 24.2 Å². The molecule has 1 saturated heterocycles. The van der Waals surface area contributed by atoms with Crippen molar-refractivity contribution in [1.29, 1.82) is 0 Å². The molecular weight excluding hydrogens is 324 g/mol. The third-order valence-corrected chi connectivity index (χ3v) is 3.95. The number of urea groups is 1. The average Bonchev–Trinajstić information content (AvgIpc) is 3.22. The maximum absolute atomic E-state index is 12.3. The summed E-state index contributed by atoms with van der Waals surface area (Å²) < 4.78 is 5.18. The molecule has 1 aromatic rings. The molecule has 1 fully saturated rings. The number of amides is 4. The predicted molar refractivity (Wildman–Crippen MR) is 91.5 cm³/mol. The fourth-order valence-electron chi connectivity index (χ4n) is 2.71. The van der Waals surface area contributed by atoms with Gasteiger partial charge in [-0.15, -0.1) is 0 Å². The Morgan fingerprint density at radius 2 is 2.12 bits per heavy atom. The van der Waals surface area contributed by atoms with E-state index < -0.39 is 11.9 Å². The lowest BCUT2D eigenvalue weighted by Gasteiger charge is -2.22. The van der Waals surface area contributed by atoms with Gasteiger partial charge in [0.05, 0.1) is 25.4 Å². The van der Waals surface area contributed by atoms with E-state index in [1.165, 1.54) is 0 Å². The van der Waals surface area contributed by atoms with Gasteiger partial charge in [-0.05, 0) is 37.4 Å². The van der Waals surface area contributed by atoms with Crippen LogP contribution in [-0.4, -0.2) is 48.4 Å². The van der Waals surface area contributed by atoms with Gasteiger partial charge in [0, 0.05) is 6.54 Å². The van der Waals surface area contributed by atoms with Crippen LogP contribution >= 0.6 is 0 Å². The van der Waals surface area contributed by atoms with Gasteiger partial charge in [-0.1, -0.05) is 13.8 Å². The highest BCUT2D eigenvalue weighted by molar-refractivity contribution is 5.95. The van der Waals surface area contributed by atoms with Crippen LogP contribution in [0.3, 0.4) is 0 Å². The first-order chi connectivity index (χ1) is 12.0. The van der Waals surface area contributed by atoms with Gasteiger partial charge in [0.15, 0.2) is 0 Å². The largest absolute Gasteiger partial charge is 0.467 e. The van der Waals surface area contributed by atoms with E-state index in [0.29, 0.717) is 37.7 Å². The summed E-state index contributed by atoms with van der Waals surface area (Å²) in [7, 11) is 0. The summed E-state index contributed by atoms with van der Waals surface area (Å²) in [5, 5.41) is 7.75. The fourth-order valence-corrected chi connectivity index (χ4v) is 2.71. The zero-order valence-electron chi connectivity index (χ0n) is 14.7. The smallest absolute Gasteiger partial charge is 0.321 e. The topological polar surface area (TPSA) is 104 Å². The van der Waals surface area contributed by atoms with Gasteiger partial charge in [-0.3, -0.25) is 19.8 Å². The molecule has 0 radical (unpaired) electrons. The van der Waals surface area contributed by atoms with Gasteiger partial charge in [0.2, 0.25) is 11.8 Å². The molecule has 2 heterocycles. The summed E-state index contributed by atoms with van der Waals surface area (Å²) in [4.78, 5) is 37.8. The lowest BCUT2D eigenvalue weighted by molar-refractivity contribution is -0.127. The van der Waals surface area contributed by atoms with Crippen LogP contribution in [0.25, 0.3) is 0 Å². The molecule has 138 valence electrons. The highest BCUT2D eigenvalue weighted by Gasteiger charge is 2.32. The molecule has 0 bridgehead atoms. The number of furan rings is 1. The minimum Gasteiger partial charge on any atom is -0.467 e. The molecule has 0 aromatic carbocycles. The molecule has 1 aromatic heterocycles. The van der Waals surface area contributed by atoms with Crippen molar-refractivity contribution < 1.29 is 18.8 Å². The lowest BCUT2D eigenvalue weighted by Crippen LogP contribution is -2.49. The summed E-state index contributed by atoms with van der Waals surface area (Å²) in [6.07, 6.45) is 3.08. The zero-order chi connectivity index (χ0) is 18.2. The van der Waals surface area contributed by atoms with Crippen LogP contribution in [0, 0.1) is 5.92 Å². The van der Waals surface area contributed by atoms with Gasteiger partial charge in [-0.2, -0.15) is 0 Å². The summed E-state index contributed by atoms with van der Waals surface area (Å²) >= 11 is 0. The number of likely N-dealkylation sites (tertiary alicyclic amines) is 1. The van der Waals surface area contributed by atoms with Crippen molar-refractivity contribution in [3.63, 3.8) is 0 Å². The monoisotopic (exact) mass is 350 g/mol. The number of nitrogens with zero attached hydrogens (tertiary/aromatic N) is 1. The molecule has 1 aliphatic heterocycles. The summed E-state index contributed by atoms with van der Waals surface area (Å²) in [5.74, 6) is 0.442. The predicted octanol–water partition coefficient (Wildman–Crippen LogP) is 0.842. The summed E-state index contributed by atoms with van der Waals surface area (Å²) in [6, 6.07) is 2.68. The van der Waals surface area contributed by atoms with Crippen LogP contribution in [0.2, 0.25) is 0 Å². The Bertz CT molecular complexity index is 585. The first-order valence-electron chi connectivity index (χ1n) is 8.57. The number of hydrogen-bond donors (Lipinski definition) is 3. The first-order valence-corrected chi connectivity index (χ1v) is 8.57. The van der Waals surface area contributed by atoms with Crippen LogP contribution < -0.4 is 16.0 Å². The van der Waals surface area contributed by atoms with Gasteiger partial charge < -0.3 is 15.1 Å². The molecule has 3 N–H and O–H groups in total. The Labute approximate surface area is 147 Å². The Morgan fingerprint density at radius 3 is 2.80 bits per heavy atom. The van der Waals surface area contributed by atoms with Gasteiger partial charge in [-0.25, -0.2) is 4.79 Å².